The molecule has 0 bridgehead atoms. The van der Waals surface area contributed by atoms with Crippen LogP contribution in [0.15, 0.2) is 18.2 Å². The first-order valence-corrected chi connectivity index (χ1v) is 7.36. The Labute approximate surface area is 136 Å². The molecular weight excluding hydrogens is 335 g/mol. The van der Waals surface area contributed by atoms with E-state index in [1.165, 1.54) is 12.1 Å². The number of benzene rings is 1. The van der Waals surface area contributed by atoms with Crippen molar-refractivity contribution in [2.24, 2.45) is 0 Å². The molecule has 0 radical (unpaired) electrons. The molecule has 0 aliphatic rings. The number of aryl methyl sites for hydroxylation is 1. The second kappa shape index (κ2) is 7.49. The molecule has 0 aliphatic heterocycles. The number of halogens is 1. The molecule has 18 heavy (non-hydrogen) atoms. The molecule has 0 heterocycles. The van der Waals surface area contributed by atoms with E-state index in [0.29, 0.717) is 5.56 Å². The molecule has 0 aliphatic carbocycles. The molecule has 1 rings (SSSR count). The fourth-order valence-electron chi connectivity index (χ4n) is 1.16. The van der Waals surface area contributed by atoms with Crippen LogP contribution in [0.1, 0.15) is 15.9 Å². The van der Waals surface area contributed by atoms with Crippen LogP contribution in [0.2, 0.25) is 0 Å². The number of hydrogen-bond donors (Lipinski definition) is 0. The van der Waals surface area contributed by atoms with Crippen molar-refractivity contribution in [3.8, 4) is 5.75 Å². The van der Waals surface area contributed by atoms with Gasteiger partial charge in [0.1, 0.15) is 5.75 Å². The molecule has 0 N–H and O–H groups in total. The fraction of sp³-hybridized carbons (Fsp3) is 0.300. The Morgan fingerprint density at radius 1 is 1.44 bits per heavy atom. The summed E-state index contributed by atoms with van der Waals surface area (Å²) in [6.07, 6.45) is 0. The van der Waals surface area contributed by atoms with Gasteiger partial charge in [-0.15, -0.1) is 0 Å². The van der Waals surface area contributed by atoms with Gasteiger partial charge in [-0.1, -0.05) is 22.0 Å². The first-order chi connectivity index (χ1) is 7.85. The summed E-state index contributed by atoms with van der Waals surface area (Å²) in [5, 5.41) is 11.0. The van der Waals surface area contributed by atoms with Crippen LogP contribution < -0.4 is 38.8 Å². The van der Waals surface area contributed by atoms with E-state index in [1.807, 2.05) is 0 Å². The minimum absolute atomic E-state index is 0. The number of carboxylic acid groups (broad SMARTS) is 1. The molecule has 0 atom stereocenters. The van der Waals surface area contributed by atoms with Crippen molar-refractivity contribution in [2.45, 2.75) is 6.92 Å². The van der Waals surface area contributed by atoms with Crippen LogP contribution in [-0.4, -0.2) is 25.5 Å². The molecule has 0 unspecified atom stereocenters. The second-order valence-electron chi connectivity index (χ2n) is 3.30. The molecule has 1 aromatic carbocycles. The monoisotopic (exact) mass is 344 g/mol. The number of hydrogen-bond acceptors (Lipinski definition) is 5. The summed E-state index contributed by atoms with van der Waals surface area (Å²) >= 11 is 2.98. The number of rotatable bonds is 5. The third-order valence-corrected chi connectivity index (χ3v) is 4.05. The average Bonchev–Trinajstić information content (AvgIpc) is 2.20. The Balaban J connectivity index is 0.00000289. The van der Waals surface area contributed by atoms with Crippen LogP contribution in [0, 0.1) is 6.92 Å². The number of alkyl halides is 1. The van der Waals surface area contributed by atoms with Crippen LogP contribution in [0.3, 0.4) is 0 Å². The van der Waals surface area contributed by atoms with E-state index in [2.05, 4.69) is 15.9 Å². The van der Waals surface area contributed by atoms with Crippen LogP contribution in [0.4, 0.5) is 0 Å². The second-order valence-corrected chi connectivity index (χ2v) is 5.78. The van der Waals surface area contributed by atoms with E-state index in [1.54, 1.807) is 6.92 Å². The minimum atomic E-state index is -3.70. The SMILES string of the molecule is Cc1ccc(OS(=O)(=O)CCBr)cc1C(=O)[O-].[Na+]. The molecule has 0 spiro atoms. The average molecular weight is 345 g/mol. The number of carboxylic acids is 1. The molecule has 1 aromatic rings. The van der Waals surface area contributed by atoms with E-state index >= 15 is 0 Å². The quantitative estimate of drug-likeness (QED) is 0.334. The molecule has 0 saturated heterocycles. The predicted octanol–water partition coefficient (Wildman–Crippen LogP) is -2.53. The Morgan fingerprint density at radius 3 is 2.56 bits per heavy atom. The van der Waals surface area contributed by atoms with Crippen molar-refractivity contribution >= 4 is 32.0 Å². The van der Waals surface area contributed by atoms with Gasteiger partial charge in [0, 0.05) is 10.9 Å². The van der Waals surface area contributed by atoms with Gasteiger partial charge in [-0.05, 0) is 24.6 Å². The zero-order chi connectivity index (χ0) is 13.1. The summed E-state index contributed by atoms with van der Waals surface area (Å²) in [5.74, 6) is -1.59. The molecular formula is C10H10BrNaO5S. The number of carbonyl (C=O) groups excluding carboxylic acids is 1. The van der Waals surface area contributed by atoms with Gasteiger partial charge < -0.3 is 14.1 Å². The fourth-order valence-corrected chi connectivity index (χ4v) is 3.01. The first kappa shape index (κ1) is 17.9. The van der Waals surface area contributed by atoms with E-state index in [-0.39, 0.29) is 52.0 Å². The molecule has 0 aromatic heterocycles. The van der Waals surface area contributed by atoms with Gasteiger partial charge in [0.05, 0.1) is 11.7 Å². The van der Waals surface area contributed by atoms with Crippen LogP contribution in [-0.2, 0) is 10.1 Å². The number of aromatic carboxylic acids is 1. The van der Waals surface area contributed by atoms with E-state index in [0.717, 1.165) is 6.07 Å². The van der Waals surface area contributed by atoms with Gasteiger partial charge in [-0.3, -0.25) is 0 Å². The molecule has 8 heteroatoms. The Morgan fingerprint density at radius 2 is 2.06 bits per heavy atom. The van der Waals surface area contributed by atoms with E-state index < -0.39 is 16.1 Å². The zero-order valence-corrected chi connectivity index (χ0v) is 14.4. The minimum Gasteiger partial charge on any atom is -0.545 e. The van der Waals surface area contributed by atoms with Gasteiger partial charge in [0.25, 0.3) is 0 Å². The Kier molecular flexibility index (Phi) is 7.46. The maximum absolute atomic E-state index is 11.4. The van der Waals surface area contributed by atoms with Gasteiger partial charge in [-0.2, -0.15) is 8.42 Å². The summed E-state index contributed by atoms with van der Waals surface area (Å²) < 4.78 is 27.4. The summed E-state index contributed by atoms with van der Waals surface area (Å²) in [6, 6.07) is 3.99. The van der Waals surface area contributed by atoms with Crippen molar-refractivity contribution in [1.29, 1.82) is 0 Å². The number of carbonyl (C=O) groups is 1. The molecule has 0 fully saturated rings. The third kappa shape index (κ3) is 5.27. The molecule has 5 nitrogen and oxygen atoms in total. The first-order valence-electron chi connectivity index (χ1n) is 4.66. The van der Waals surface area contributed by atoms with Crippen molar-refractivity contribution in [1.82, 2.24) is 0 Å². The summed E-state index contributed by atoms with van der Waals surface area (Å²) in [7, 11) is -3.70. The molecule has 0 amide bonds. The standard InChI is InChI=1S/C10H11BrO5S.Na/c1-7-2-3-8(6-9(7)10(12)13)16-17(14,15)5-4-11;/h2-3,6H,4-5H2,1H3,(H,12,13);/q;+1/p-1. The summed E-state index contributed by atoms with van der Waals surface area (Å²) in [5.41, 5.74) is 0.395. The third-order valence-electron chi connectivity index (χ3n) is 1.98. The van der Waals surface area contributed by atoms with Crippen molar-refractivity contribution < 1.29 is 52.1 Å². The maximum Gasteiger partial charge on any atom is 1.00 e. The van der Waals surface area contributed by atoms with Crippen molar-refractivity contribution in [2.75, 3.05) is 11.1 Å². The van der Waals surface area contributed by atoms with Crippen molar-refractivity contribution in [3.63, 3.8) is 0 Å². The summed E-state index contributed by atoms with van der Waals surface area (Å²) in [6.45, 7) is 1.59. The Bertz CT molecular complexity index is 529. The van der Waals surface area contributed by atoms with Crippen LogP contribution >= 0.6 is 15.9 Å². The smallest absolute Gasteiger partial charge is 0.545 e. The van der Waals surface area contributed by atoms with E-state index in [4.69, 9.17) is 4.18 Å². The predicted molar refractivity (Wildman–Crippen MR) is 63.7 cm³/mol. The van der Waals surface area contributed by atoms with Gasteiger partial charge >= 0.3 is 39.7 Å². The Hall–Kier alpha value is -0.0800. The maximum atomic E-state index is 11.4. The largest absolute Gasteiger partial charge is 1.00 e. The normalized spacial score (nSPS) is 10.6. The van der Waals surface area contributed by atoms with Crippen molar-refractivity contribution in [3.05, 3.63) is 29.3 Å². The van der Waals surface area contributed by atoms with Gasteiger partial charge in [-0.25, -0.2) is 0 Å². The topological polar surface area (TPSA) is 83.5 Å². The molecule has 0 saturated carbocycles. The molecule has 94 valence electrons. The van der Waals surface area contributed by atoms with Crippen LogP contribution in [0.5, 0.6) is 5.75 Å². The zero-order valence-electron chi connectivity index (χ0n) is 9.97. The van der Waals surface area contributed by atoms with Crippen LogP contribution in [0.25, 0.3) is 0 Å². The van der Waals surface area contributed by atoms with Gasteiger partial charge in [0.15, 0.2) is 0 Å². The van der Waals surface area contributed by atoms with E-state index in [9.17, 15) is 18.3 Å². The van der Waals surface area contributed by atoms with Gasteiger partial charge in [0.2, 0.25) is 0 Å². The summed E-state index contributed by atoms with van der Waals surface area (Å²) in [4.78, 5) is 10.7.